The highest BCUT2D eigenvalue weighted by atomic mass is 19.4. The van der Waals surface area contributed by atoms with Gasteiger partial charge in [0.25, 0.3) is 5.78 Å². The number of hydrogen-bond acceptors (Lipinski definition) is 3. The Bertz CT molecular complexity index is 547. The summed E-state index contributed by atoms with van der Waals surface area (Å²) in [6.07, 6.45) is -0.601. The zero-order chi connectivity index (χ0) is 16.1. The van der Waals surface area contributed by atoms with Gasteiger partial charge in [-0.15, -0.1) is 0 Å². The summed E-state index contributed by atoms with van der Waals surface area (Å²) in [5.74, 6) is -2.80. The molecule has 4 nitrogen and oxygen atoms in total. The second-order valence-electron chi connectivity index (χ2n) is 6.50. The Kier molecular flexibility index (Phi) is 3.49. The number of alkyl halides is 3. The average molecular weight is 317 g/mol. The molecule has 22 heavy (non-hydrogen) atoms. The van der Waals surface area contributed by atoms with E-state index >= 15 is 0 Å². The number of aliphatic carboxylic acids is 1. The largest absolute Gasteiger partial charge is 0.480 e. The second-order valence-corrected chi connectivity index (χ2v) is 6.50. The van der Waals surface area contributed by atoms with Crippen molar-refractivity contribution in [1.82, 2.24) is 4.90 Å². The summed E-state index contributed by atoms with van der Waals surface area (Å²) in [6.45, 7) is 0.414. The molecule has 0 aromatic rings. The molecule has 3 rings (SSSR count). The van der Waals surface area contributed by atoms with Crippen LogP contribution in [0.1, 0.15) is 44.9 Å². The van der Waals surface area contributed by atoms with Crippen molar-refractivity contribution in [2.45, 2.75) is 57.2 Å². The SMILES string of the molecule is O=C(O)C1CCCN1C1=C(C(=O)C(F)(F)F)C2(CCCC2)C1. The van der Waals surface area contributed by atoms with Gasteiger partial charge < -0.3 is 10.0 Å². The van der Waals surface area contributed by atoms with Crippen LogP contribution in [0.4, 0.5) is 13.2 Å². The van der Waals surface area contributed by atoms with Gasteiger partial charge in [-0.25, -0.2) is 4.79 Å². The van der Waals surface area contributed by atoms with Crippen LogP contribution in [-0.2, 0) is 9.59 Å². The summed E-state index contributed by atoms with van der Waals surface area (Å²) in [5.41, 5.74) is -0.479. The van der Waals surface area contributed by atoms with E-state index in [1.165, 1.54) is 4.90 Å². The van der Waals surface area contributed by atoms with Gasteiger partial charge >= 0.3 is 12.1 Å². The van der Waals surface area contributed by atoms with Crippen molar-refractivity contribution in [2.75, 3.05) is 6.54 Å². The normalized spacial score (nSPS) is 27.4. The summed E-state index contributed by atoms with van der Waals surface area (Å²) >= 11 is 0. The number of carboxylic acids is 1. The molecule has 1 spiro atoms. The van der Waals surface area contributed by atoms with E-state index in [1.54, 1.807) is 0 Å². The van der Waals surface area contributed by atoms with Crippen molar-refractivity contribution in [3.05, 3.63) is 11.3 Å². The number of hydrogen-bond donors (Lipinski definition) is 1. The highest BCUT2D eigenvalue weighted by Crippen LogP contribution is 2.59. The quantitative estimate of drug-likeness (QED) is 0.869. The van der Waals surface area contributed by atoms with Crippen LogP contribution in [0.25, 0.3) is 0 Å². The van der Waals surface area contributed by atoms with Crippen molar-refractivity contribution in [3.8, 4) is 0 Å². The monoisotopic (exact) mass is 317 g/mol. The molecule has 0 aromatic carbocycles. The van der Waals surface area contributed by atoms with Crippen LogP contribution in [0.3, 0.4) is 0 Å². The van der Waals surface area contributed by atoms with Crippen LogP contribution < -0.4 is 0 Å². The Morgan fingerprint density at radius 2 is 1.82 bits per heavy atom. The molecule has 1 atom stereocenters. The standard InChI is InChI=1S/C15H18F3NO3/c16-15(17,18)12(20)11-10(8-14(11)5-1-2-6-14)19-7-3-4-9(19)13(21)22/h9H,1-8H2,(H,21,22). The van der Waals surface area contributed by atoms with E-state index in [1.807, 2.05) is 0 Å². The average Bonchev–Trinajstić information content (AvgIpc) is 3.05. The predicted octanol–water partition coefficient (Wildman–Crippen LogP) is 2.89. The molecule has 1 saturated heterocycles. The van der Waals surface area contributed by atoms with E-state index in [2.05, 4.69) is 0 Å². The molecular formula is C15H18F3NO3. The molecule has 1 saturated carbocycles. The Hall–Kier alpha value is -1.53. The first kappa shape index (κ1) is 15.4. The minimum Gasteiger partial charge on any atom is -0.480 e. The van der Waals surface area contributed by atoms with Gasteiger partial charge in [0.15, 0.2) is 0 Å². The number of allylic oxidation sites excluding steroid dienone is 2. The van der Waals surface area contributed by atoms with Crippen molar-refractivity contribution >= 4 is 11.8 Å². The number of Topliss-reactive ketones (excluding diaryl/α,β-unsaturated/α-hetero) is 1. The van der Waals surface area contributed by atoms with Gasteiger partial charge in [0.2, 0.25) is 0 Å². The zero-order valence-electron chi connectivity index (χ0n) is 12.1. The number of nitrogens with zero attached hydrogens (tertiary/aromatic N) is 1. The topological polar surface area (TPSA) is 57.6 Å². The maximum absolute atomic E-state index is 13.0. The third-order valence-electron chi connectivity index (χ3n) is 5.25. The third kappa shape index (κ3) is 2.21. The first-order chi connectivity index (χ1) is 10.3. The summed E-state index contributed by atoms with van der Waals surface area (Å²) < 4.78 is 38.9. The summed E-state index contributed by atoms with van der Waals surface area (Å²) in [7, 11) is 0. The first-order valence-electron chi connectivity index (χ1n) is 7.61. The van der Waals surface area contributed by atoms with Gasteiger partial charge in [0.1, 0.15) is 6.04 Å². The van der Waals surface area contributed by atoms with Gasteiger partial charge in [-0.05, 0) is 32.1 Å². The molecule has 7 heteroatoms. The second kappa shape index (κ2) is 4.99. The number of carbonyl (C=O) groups excluding carboxylic acids is 1. The Morgan fingerprint density at radius 1 is 1.18 bits per heavy atom. The fourth-order valence-electron chi connectivity index (χ4n) is 4.28. The number of carboxylic acid groups (broad SMARTS) is 1. The van der Waals surface area contributed by atoms with E-state index in [0.29, 0.717) is 44.3 Å². The van der Waals surface area contributed by atoms with Crippen molar-refractivity contribution in [2.24, 2.45) is 5.41 Å². The fourth-order valence-corrected chi connectivity index (χ4v) is 4.28. The van der Waals surface area contributed by atoms with Crippen molar-refractivity contribution in [1.29, 1.82) is 0 Å². The molecule has 0 radical (unpaired) electrons. The molecule has 0 amide bonds. The molecule has 3 aliphatic rings. The third-order valence-corrected chi connectivity index (χ3v) is 5.25. The number of rotatable bonds is 3. The molecule has 0 aromatic heterocycles. The molecule has 122 valence electrons. The lowest BCUT2D eigenvalue weighted by Gasteiger charge is -2.47. The zero-order valence-corrected chi connectivity index (χ0v) is 12.1. The van der Waals surface area contributed by atoms with E-state index in [4.69, 9.17) is 0 Å². The van der Waals surface area contributed by atoms with E-state index in [0.717, 1.165) is 12.8 Å². The molecular weight excluding hydrogens is 299 g/mol. The Morgan fingerprint density at radius 3 is 2.36 bits per heavy atom. The number of halogens is 3. The minimum absolute atomic E-state index is 0.148. The van der Waals surface area contributed by atoms with Crippen molar-refractivity contribution < 1.29 is 27.9 Å². The molecule has 1 N–H and O–H groups in total. The van der Waals surface area contributed by atoms with Gasteiger partial charge in [-0.3, -0.25) is 4.79 Å². The molecule has 2 aliphatic carbocycles. The lowest BCUT2D eigenvalue weighted by atomic mass is 9.63. The highest BCUT2D eigenvalue weighted by Gasteiger charge is 2.57. The minimum atomic E-state index is -4.89. The Labute approximate surface area is 126 Å². The molecule has 2 fully saturated rings. The number of ketones is 1. The first-order valence-corrected chi connectivity index (χ1v) is 7.61. The van der Waals surface area contributed by atoms with E-state index in [9.17, 15) is 27.9 Å². The van der Waals surface area contributed by atoms with Gasteiger partial charge in [-0.1, -0.05) is 12.8 Å². The van der Waals surface area contributed by atoms with Crippen LogP contribution in [0.2, 0.25) is 0 Å². The Balaban J connectivity index is 1.99. The lowest BCUT2D eigenvalue weighted by molar-refractivity contribution is -0.169. The van der Waals surface area contributed by atoms with Gasteiger partial charge in [-0.2, -0.15) is 13.2 Å². The fraction of sp³-hybridized carbons (Fsp3) is 0.733. The lowest BCUT2D eigenvalue weighted by Crippen LogP contribution is -2.48. The molecule has 1 unspecified atom stereocenters. The summed E-state index contributed by atoms with van der Waals surface area (Å²) in [4.78, 5) is 24.7. The smallest absolute Gasteiger partial charge is 0.454 e. The summed E-state index contributed by atoms with van der Waals surface area (Å²) in [5, 5.41) is 9.22. The molecule has 1 aliphatic heterocycles. The van der Waals surface area contributed by atoms with Crippen LogP contribution in [0.5, 0.6) is 0 Å². The van der Waals surface area contributed by atoms with Crippen LogP contribution >= 0.6 is 0 Å². The molecule has 1 heterocycles. The summed E-state index contributed by atoms with van der Waals surface area (Å²) in [6, 6.07) is -0.801. The van der Waals surface area contributed by atoms with Crippen LogP contribution in [0, 0.1) is 5.41 Å². The van der Waals surface area contributed by atoms with Crippen LogP contribution in [0.15, 0.2) is 11.3 Å². The van der Waals surface area contributed by atoms with E-state index in [-0.39, 0.29) is 5.57 Å². The number of likely N-dealkylation sites (tertiary alicyclic amines) is 1. The predicted molar refractivity (Wildman–Crippen MR) is 71.0 cm³/mol. The maximum atomic E-state index is 13.0. The maximum Gasteiger partial charge on any atom is 0.454 e. The van der Waals surface area contributed by atoms with Gasteiger partial charge in [0.05, 0.1) is 0 Å². The highest BCUT2D eigenvalue weighted by molar-refractivity contribution is 6.03. The number of carbonyl (C=O) groups is 2. The van der Waals surface area contributed by atoms with Crippen molar-refractivity contribution in [3.63, 3.8) is 0 Å². The van der Waals surface area contributed by atoms with Crippen LogP contribution in [-0.4, -0.2) is 40.5 Å². The molecule has 0 bridgehead atoms. The van der Waals surface area contributed by atoms with Gasteiger partial charge in [0, 0.05) is 23.2 Å². The van der Waals surface area contributed by atoms with E-state index < -0.39 is 29.4 Å².